The number of carbonyl (C=O) groups is 5. The van der Waals surface area contributed by atoms with Crippen LogP contribution in [-0.4, -0.2) is 70.9 Å². The summed E-state index contributed by atoms with van der Waals surface area (Å²) in [6.07, 6.45) is 1.43. The SMILES string of the molecule is CSCCC(NC(=O)C(CC(N)=O)NC(=O)C(NC(=O)C(C)N)C(C)C)C(=O)O. The van der Waals surface area contributed by atoms with Crippen LogP contribution in [-0.2, 0) is 24.0 Å². The number of carboxylic acid groups (broad SMARTS) is 1. The molecule has 0 aromatic rings. The first-order chi connectivity index (χ1) is 13.4. The van der Waals surface area contributed by atoms with Crippen LogP contribution >= 0.6 is 11.8 Å². The van der Waals surface area contributed by atoms with Crippen LogP contribution in [0.3, 0.4) is 0 Å². The standard InChI is InChI=1S/C17H31N5O6S/c1-8(2)13(22-14(24)9(3)18)16(26)21-11(7-12(19)23)15(25)20-10(17(27)28)5-6-29-4/h8-11,13H,5-7,18H2,1-4H3,(H2,19,23)(H,20,25)(H,21,26)(H,22,24)(H,27,28). The van der Waals surface area contributed by atoms with Gasteiger partial charge in [0, 0.05) is 0 Å². The number of hydrogen-bond acceptors (Lipinski definition) is 7. The summed E-state index contributed by atoms with van der Waals surface area (Å²) in [6.45, 7) is 4.81. The predicted molar refractivity (Wildman–Crippen MR) is 109 cm³/mol. The first-order valence-electron chi connectivity index (χ1n) is 9.07. The number of rotatable bonds is 13. The molecule has 11 nitrogen and oxygen atoms in total. The molecule has 0 saturated carbocycles. The minimum Gasteiger partial charge on any atom is -0.480 e. The van der Waals surface area contributed by atoms with E-state index in [-0.39, 0.29) is 12.3 Å². The summed E-state index contributed by atoms with van der Waals surface area (Å²) in [5.41, 5.74) is 10.7. The summed E-state index contributed by atoms with van der Waals surface area (Å²) >= 11 is 1.41. The maximum Gasteiger partial charge on any atom is 0.326 e. The lowest BCUT2D eigenvalue weighted by Gasteiger charge is -2.26. The Labute approximate surface area is 174 Å². The van der Waals surface area contributed by atoms with Crippen molar-refractivity contribution in [2.45, 2.75) is 57.8 Å². The zero-order valence-electron chi connectivity index (χ0n) is 17.1. The molecule has 4 unspecified atom stereocenters. The van der Waals surface area contributed by atoms with Crippen molar-refractivity contribution in [3.05, 3.63) is 0 Å². The Kier molecular flexibility index (Phi) is 11.9. The van der Waals surface area contributed by atoms with E-state index in [2.05, 4.69) is 16.0 Å². The van der Waals surface area contributed by atoms with Gasteiger partial charge in [-0.1, -0.05) is 13.8 Å². The fourth-order valence-electron chi connectivity index (χ4n) is 2.26. The van der Waals surface area contributed by atoms with E-state index in [0.29, 0.717) is 5.75 Å². The zero-order chi connectivity index (χ0) is 22.7. The topological polar surface area (TPSA) is 194 Å². The fourth-order valence-corrected chi connectivity index (χ4v) is 2.73. The van der Waals surface area contributed by atoms with Crippen molar-refractivity contribution in [2.24, 2.45) is 17.4 Å². The molecule has 166 valence electrons. The molecule has 4 amide bonds. The number of primary amides is 1. The molecular formula is C17H31N5O6S. The maximum absolute atomic E-state index is 12.6. The molecule has 0 aliphatic rings. The molecule has 0 radical (unpaired) electrons. The summed E-state index contributed by atoms with van der Waals surface area (Å²) in [6, 6.07) is -4.42. The number of thioether (sulfide) groups is 1. The lowest BCUT2D eigenvalue weighted by Crippen LogP contribution is -2.58. The van der Waals surface area contributed by atoms with E-state index in [9.17, 15) is 29.1 Å². The molecule has 0 aliphatic heterocycles. The van der Waals surface area contributed by atoms with Crippen LogP contribution in [0.1, 0.15) is 33.6 Å². The summed E-state index contributed by atoms with van der Waals surface area (Å²) < 4.78 is 0. The van der Waals surface area contributed by atoms with Crippen molar-refractivity contribution >= 4 is 41.4 Å². The summed E-state index contributed by atoms with van der Waals surface area (Å²) in [4.78, 5) is 59.6. The van der Waals surface area contributed by atoms with Gasteiger partial charge in [-0.15, -0.1) is 0 Å². The van der Waals surface area contributed by atoms with Gasteiger partial charge in [0.2, 0.25) is 23.6 Å². The van der Waals surface area contributed by atoms with E-state index in [1.807, 2.05) is 0 Å². The number of hydrogen-bond donors (Lipinski definition) is 6. The molecule has 0 aromatic carbocycles. The smallest absolute Gasteiger partial charge is 0.326 e. The molecular weight excluding hydrogens is 402 g/mol. The lowest BCUT2D eigenvalue weighted by atomic mass is 10.0. The van der Waals surface area contributed by atoms with E-state index in [0.717, 1.165) is 0 Å². The van der Waals surface area contributed by atoms with Gasteiger partial charge in [-0.05, 0) is 31.3 Å². The summed E-state index contributed by atoms with van der Waals surface area (Å²) in [7, 11) is 0. The van der Waals surface area contributed by atoms with Crippen molar-refractivity contribution in [3.63, 3.8) is 0 Å². The minimum atomic E-state index is -1.38. The third kappa shape index (κ3) is 10.1. The van der Waals surface area contributed by atoms with Crippen LogP contribution < -0.4 is 27.4 Å². The van der Waals surface area contributed by atoms with Crippen LogP contribution in [0.5, 0.6) is 0 Å². The molecule has 0 rings (SSSR count). The van der Waals surface area contributed by atoms with Crippen LogP contribution in [0, 0.1) is 5.92 Å². The van der Waals surface area contributed by atoms with Gasteiger partial charge in [-0.3, -0.25) is 19.2 Å². The Balaban J connectivity index is 5.35. The van der Waals surface area contributed by atoms with Crippen molar-refractivity contribution < 1.29 is 29.1 Å². The largest absolute Gasteiger partial charge is 0.480 e. The number of carbonyl (C=O) groups excluding carboxylic acids is 4. The highest BCUT2D eigenvalue weighted by Gasteiger charge is 2.31. The minimum absolute atomic E-state index is 0.165. The van der Waals surface area contributed by atoms with E-state index in [1.165, 1.54) is 18.7 Å². The van der Waals surface area contributed by atoms with Crippen LogP contribution in [0.4, 0.5) is 0 Å². The van der Waals surface area contributed by atoms with Gasteiger partial charge in [-0.2, -0.15) is 11.8 Å². The van der Waals surface area contributed by atoms with E-state index in [1.54, 1.807) is 20.1 Å². The average Bonchev–Trinajstić information content (AvgIpc) is 2.60. The lowest BCUT2D eigenvalue weighted by molar-refractivity contribution is -0.142. The van der Waals surface area contributed by atoms with E-state index in [4.69, 9.17) is 11.5 Å². The van der Waals surface area contributed by atoms with E-state index >= 15 is 0 Å². The third-order valence-electron chi connectivity index (χ3n) is 3.92. The highest BCUT2D eigenvalue weighted by Crippen LogP contribution is 2.06. The van der Waals surface area contributed by atoms with Crippen molar-refractivity contribution in [3.8, 4) is 0 Å². The molecule has 12 heteroatoms. The Hall–Kier alpha value is -2.34. The van der Waals surface area contributed by atoms with Gasteiger partial charge in [0.1, 0.15) is 18.1 Å². The second-order valence-corrected chi connectivity index (χ2v) is 7.92. The molecule has 0 bridgehead atoms. The first kappa shape index (κ1) is 26.7. The normalized spacial score (nSPS) is 15.0. The third-order valence-corrected chi connectivity index (χ3v) is 4.57. The van der Waals surface area contributed by atoms with Gasteiger partial charge in [0.05, 0.1) is 12.5 Å². The molecule has 0 saturated heterocycles. The number of carboxylic acids is 1. The summed E-state index contributed by atoms with van der Waals surface area (Å²) in [5.74, 6) is -4.08. The average molecular weight is 434 g/mol. The van der Waals surface area contributed by atoms with Crippen molar-refractivity contribution in [1.29, 1.82) is 0 Å². The second-order valence-electron chi connectivity index (χ2n) is 6.93. The zero-order valence-corrected chi connectivity index (χ0v) is 17.9. The van der Waals surface area contributed by atoms with Crippen molar-refractivity contribution in [1.82, 2.24) is 16.0 Å². The maximum atomic E-state index is 12.6. The van der Waals surface area contributed by atoms with Crippen LogP contribution in [0.15, 0.2) is 0 Å². The quantitative estimate of drug-likeness (QED) is 0.195. The Morgan fingerprint density at radius 1 is 0.931 bits per heavy atom. The van der Waals surface area contributed by atoms with Gasteiger partial charge in [0.25, 0.3) is 0 Å². The molecule has 0 heterocycles. The monoisotopic (exact) mass is 433 g/mol. The molecule has 8 N–H and O–H groups in total. The van der Waals surface area contributed by atoms with Crippen LogP contribution in [0.2, 0.25) is 0 Å². The Morgan fingerprint density at radius 2 is 1.48 bits per heavy atom. The molecule has 0 aromatic heterocycles. The van der Waals surface area contributed by atoms with Gasteiger partial charge in [0.15, 0.2) is 0 Å². The number of nitrogens with one attached hydrogen (secondary N) is 3. The first-order valence-corrected chi connectivity index (χ1v) is 10.5. The molecule has 0 spiro atoms. The molecule has 0 fully saturated rings. The number of nitrogens with two attached hydrogens (primary N) is 2. The number of aliphatic carboxylic acids is 1. The predicted octanol–water partition coefficient (Wildman–Crippen LogP) is -1.84. The molecule has 29 heavy (non-hydrogen) atoms. The van der Waals surface area contributed by atoms with Crippen molar-refractivity contribution in [2.75, 3.05) is 12.0 Å². The summed E-state index contributed by atoms with van der Waals surface area (Å²) in [5, 5.41) is 16.4. The highest BCUT2D eigenvalue weighted by atomic mass is 32.2. The second kappa shape index (κ2) is 13.0. The van der Waals surface area contributed by atoms with Gasteiger partial charge < -0.3 is 32.5 Å². The van der Waals surface area contributed by atoms with E-state index < -0.39 is 60.2 Å². The fraction of sp³-hybridized carbons (Fsp3) is 0.706. The highest BCUT2D eigenvalue weighted by molar-refractivity contribution is 7.98. The Morgan fingerprint density at radius 3 is 1.90 bits per heavy atom. The number of amides is 4. The van der Waals surface area contributed by atoms with Gasteiger partial charge >= 0.3 is 5.97 Å². The molecule has 4 atom stereocenters. The molecule has 0 aliphatic carbocycles. The van der Waals surface area contributed by atoms with Crippen LogP contribution in [0.25, 0.3) is 0 Å². The van der Waals surface area contributed by atoms with Gasteiger partial charge in [-0.25, -0.2) is 4.79 Å². The Bertz CT molecular complexity index is 613.